The van der Waals surface area contributed by atoms with Gasteiger partial charge in [0.1, 0.15) is 5.69 Å². The number of H-pyrrole nitrogens is 1. The van der Waals surface area contributed by atoms with Crippen LogP contribution in [0.4, 0.5) is 17.1 Å². The van der Waals surface area contributed by atoms with E-state index < -0.39 is 10.5 Å². The van der Waals surface area contributed by atoms with Crippen molar-refractivity contribution in [3.8, 4) is 5.69 Å². The molecule has 0 amide bonds. The fourth-order valence-corrected chi connectivity index (χ4v) is 2.37. The van der Waals surface area contributed by atoms with Crippen LogP contribution >= 0.6 is 11.6 Å². The van der Waals surface area contributed by atoms with Gasteiger partial charge in [-0.3, -0.25) is 20.0 Å². The molecule has 1 aromatic heterocycles. The van der Waals surface area contributed by atoms with E-state index >= 15 is 0 Å². The first-order chi connectivity index (χ1) is 12.0. The largest absolute Gasteiger partial charge is 0.299 e. The van der Waals surface area contributed by atoms with Gasteiger partial charge in [0.15, 0.2) is 5.69 Å². The van der Waals surface area contributed by atoms with Crippen molar-refractivity contribution in [1.82, 2.24) is 9.78 Å². The van der Waals surface area contributed by atoms with Gasteiger partial charge in [-0.1, -0.05) is 23.7 Å². The summed E-state index contributed by atoms with van der Waals surface area (Å²) < 4.78 is 1.25. The van der Waals surface area contributed by atoms with Crippen LogP contribution in [0.15, 0.2) is 63.6 Å². The molecule has 0 atom stereocenters. The van der Waals surface area contributed by atoms with Gasteiger partial charge in [0, 0.05) is 12.1 Å². The lowest BCUT2D eigenvalue weighted by Crippen LogP contribution is -2.13. The zero-order valence-corrected chi connectivity index (χ0v) is 13.8. The molecular formula is C16H12ClN5O3. The molecule has 25 heavy (non-hydrogen) atoms. The summed E-state index contributed by atoms with van der Waals surface area (Å²) in [5.41, 5.74) is 1.09. The number of nitro benzene ring substituents is 1. The van der Waals surface area contributed by atoms with Gasteiger partial charge in [0.2, 0.25) is 0 Å². The summed E-state index contributed by atoms with van der Waals surface area (Å²) in [6, 6.07) is 12.5. The van der Waals surface area contributed by atoms with Gasteiger partial charge in [0.25, 0.3) is 11.2 Å². The molecule has 126 valence electrons. The molecule has 1 N–H and O–H groups in total. The maximum atomic E-state index is 12.5. The Balaban J connectivity index is 1.97. The summed E-state index contributed by atoms with van der Waals surface area (Å²) in [7, 11) is 0. The number of non-ortho nitro benzene ring substituents is 1. The Hall–Kier alpha value is -3.26. The highest BCUT2D eigenvalue weighted by Gasteiger charge is 2.13. The molecule has 0 fully saturated rings. The lowest BCUT2D eigenvalue weighted by atomic mass is 10.3. The molecule has 0 bridgehead atoms. The molecule has 9 heteroatoms. The quantitative estimate of drug-likeness (QED) is 0.423. The van der Waals surface area contributed by atoms with E-state index in [4.69, 9.17) is 11.6 Å². The summed E-state index contributed by atoms with van der Waals surface area (Å²) >= 11 is 6.01. The Labute approximate surface area is 146 Å². The third-order valence-corrected chi connectivity index (χ3v) is 3.79. The van der Waals surface area contributed by atoms with Crippen LogP contribution < -0.4 is 5.56 Å². The second-order valence-corrected chi connectivity index (χ2v) is 5.56. The SMILES string of the molecule is Cc1[nH]n(-c2ccc([N+](=O)[O-])cc2)c(=O)c1N=Nc1ccccc1Cl. The van der Waals surface area contributed by atoms with Crippen LogP contribution in [0.25, 0.3) is 5.69 Å². The number of azo groups is 1. The molecule has 0 aliphatic carbocycles. The summed E-state index contributed by atoms with van der Waals surface area (Å²) in [6.07, 6.45) is 0. The van der Waals surface area contributed by atoms with E-state index in [1.165, 1.54) is 28.9 Å². The third kappa shape index (κ3) is 3.33. The number of aromatic amines is 1. The molecule has 0 radical (unpaired) electrons. The highest BCUT2D eigenvalue weighted by molar-refractivity contribution is 6.32. The number of benzene rings is 2. The average molecular weight is 358 g/mol. The van der Waals surface area contributed by atoms with Crippen LogP contribution in [0.1, 0.15) is 5.69 Å². The summed E-state index contributed by atoms with van der Waals surface area (Å²) in [5, 5.41) is 22.0. The molecule has 0 aliphatic rings. The van der Waals surface area contributed by atoms with E-state index in [-0.39, 0.29) is 11.4 Å². The smallest absolute Gasteiger partial charge is 0.293 e. The Kier molecular flexibility index (Phi) is 4.44. The van der Waals surface area contributed by atoms with Crippen molar-refractivity contribution in [3.05, 3.63) is 79.7 Å². The maximum Gasteiger partial charge on any atom is 0.299 e. The molecule has 0 aliphatic heterocycles. The molecular weight excluding hydrogens is 346 g/mol. The molecule has 2 aromatic carbocycles. The molecule has 0 unspecified atom stereocenters. The van der Waals surface area contributed by atoms with E-state index in [9.17, 15) is 14.9 Å². The predicted molar refractivity (Wildman–Crippen MR) is 93.4 cm³/mol. The second-order valence-electron chi connectivity index (χ2n) is 5.15. The number of aryl methyl sites for hydroxylation is 1. The molecule has 8 nitrogen and oxygen atoms in total. The number of rotatable bonds is 4. The van der Waals surface area contributed by atoms with E-state index in [0.29, 0.717) is 22.1 Å². The van der Waals surface area contributed by atoms with E-state index in [0.717, 1.165) is 0 Å². The number of halogens is 1. The summed E-state index contributed by atoms with van der Waals surface area (Å²) in [5.74, 6) is 0. The number of nitro groups is 1. The van der Waals surface area contributed by atoms with E-state index in [2.05, 4.69) is 15.3 Å². The first-order valence-corrected chi connectivity index (χ1v) is 7.58. The molecule has 3 aromatic rings. The monoisotopic (exact) mass is 357 g/mol. The Bertz CT molecular complexity index is 1020. The van der Waals surface area contributed by atoms with Gasteiger partial charge in [-0.2, -0.15) is 0 Å². The molecule has 0 saturated carbocycles. The minimum Gasteiger partial charge on any atom is -0.293 e. The fourth-order valence-electron chi connectivity index (χ4n) is 2.20. The van der Waals surface area contributed by atoms with E-state index in [1.54, 1.807) is 31.2 Å². The molecule has 0 saturated heterocycles. The van der Waals surface area contributed by atoms with Crippen LogP contribution in [-0.4, -0.2) is 14.7 Å². The third-order valence-electron chi connectivity index (χ3n) is 3.47. The first-order valence-electron chi connectivity index (χ1n) is 7.20. The number of aromatic nitrogens is 2. The minimum absolute atomic E-state index is 0.0568. The lowest BCUT2D eigenvalue weighted by Gasteiger charge is -2.00. The van der Waals surface area contributed by atoms with Crippen LogP contribution in [0.5, 0.6) is 0 Å². The van der Waals surface area contributed by atoms with Gasteiger partial charge in [-0.15, -0.1) is 10.2 Å². The normalized spacial score (nSPS) is 11.1. The van der Waals surface area contributed by atoms with Crippen LogP contribution in [-0.2, 0) is 0 Å². The number of hydrogen-bond donors (Lipinski definition) is 1. The minimum atomic E-state index is -0.504. The molecule has 0 spiro atoms. The lowest BCUT2D eigenvalue weighted by molar-refractivity contribution is -0.384. The van der Waals surface area contributed by atoms with Crippen molar-refractivity contribution in [2.45, 2.75) is 6.92 Å². The van der Waals surface area contributed by atoms with Crippen LogP contribution in [0.2, 0.25) is 5.02 Å². The van der Waals surface area contributed by atoms with Gasteiger partial charge >= 0.3 is 0 Å². The Morgan fingerprint density at radius 3 is 2.44 bits per heavy atom. The van der Waals surface area contributed by atoms with Crippen molar-refractivity contribution in [1.29, 1.82) is 0 Å². The van der Waals surface area contributed by atoms with Crippen molar-refractivity contribution in [2.24, 2.45) is 10.2 Å². The predicted octanol–water partition coefficient (Wildman–Crippen LogP) is 4.45. The number of nitrogens with zero attached hydrogens (tertiary/aromatic N) is 4. The maximum absolute atomic E-state index is 12.5. The van der Waals surface area contributed by atoms with Crippen LogP contribution in [0, 0.1) is 17.0 Å². The van der Waals surface area contributed by atoms with Crippen molar-refractivity contribution in [2.75, 3.05) is 0 Å². The highest BCUT2D eigenvalue weighted by Crippen LogP contribution is 2.26. The topological polar surface area (TPSA) is 106 Å². The first kappa shape index (κ1) is 16.6. The highest BCUT2D eigenvalue weighted by atomic mass is 35.5. The molecule has 3 rings (SSSR count). The van der Waals surface area contributed by atoms with Gasteiger partial charge in [-0.25, -0.2) is 4.68 Å². The fraction of sp³-hybridized carbons (Fsp3) is 0.0625. The number of hydrogen-bond acceptors (Lipinski definition) is 5. The van der Waals surface area contributed by atoms with Gasteiger partial charge in [0.05, 0.1) is 21.3 Å². The summed E-state index contributed by atoms with van der Waals surface area (Å²) in [6.45, 7) is 1.68. The second kappa shape index (κ2) is 6.70. The van der Waals surface area contributed by atoms with Crippen molar-refractivity contribution >= 4 is 28.7 Å². The van der Waals surface area contributed by atoms with Crippen LogP contribution in [0.3, 0.4) is 0 Å². The molecule has 1 heterocycles. The average Bonchev–Trinajstić information content (AvgIpc) is 2.89. The Morgan fingerprint density at radius 2 is 1.80 bits per heavy atom. The van der Waals surface area contributed by atoms with Gasteiger partial charge in [-0.05, 0) is 31.2 Å². The van der Waals surface area contributed by atoms with Crippen molar-refractivity contribution in [3.63, 3.8) is 0 Å². The van der Waals surface area contributed by atoms with Gasteiger partial charge < -0.3 is 0 Å². The zero-order chi connectivity index (χ0) is 18.0. The van der Waals surface area contributed by atoms with Crippen molar-refractivity contribution < 1.29 is 4.92 Å². The summed E-state index contributed by atoms with van der Waals surface area (Å²) in [4.78, 5) is 22.7. The Morgan fingerprint density at radius 1 is 1.12 bits per heavy atom. The standard InChI is InChI=1S/C16H12ClN5O3/c1-10-15(19-18-14-5-3-2-4-13(14)17)16(23)21(20-10)11-6-8-12(9-7-11)22(24)25/h2-9,20H,1H3. The number of nitrogens with one attached hydrogen (secondary N) is 1. The zero-order valence-electron chi connectivity index (χ0n) is 13.0. The van der Waals surface area contributed by atoms with E-state index in [1.807, 2.05) is 0 Å².